The van der Waals surface area contributed by atoms with Crippen LogP contribution in [0.5, 0.6) is 0 Å². The third-order valence-electron chi connectivity index (χ3n) is 5.10. The van der Waals surface area contributed by atoms with E-state index in [9.17, 15) is 13.6 Å². The van der Waals surface area contributed by atoms with Crippen LogP contribution in [0.25, 0.3) is 11.0 Å². The Morgan fingerprint density at radius 2 is 1.90 bits per heavy atom. The number of amides is 2. The number of nitrogens with one attached hydrogen (secondary N) is 2. The zero-order valence-electron chi connectivity index (χ0n) is 16.4. The van der Waals surface area contributed by atoms with Crippen molar-refractivity contribution in [3.63, 3.8) is 0 Å². The lowest BCUT2D eigenvalue weighted by molar-refractivity contribution is 0.241. The van der Waals surface area contributed by atoms with Crippen molar-refractivity contribution in [1.82, 2.24) is 15.3 Å². The van der Waals surface area contributed by atoms with Crippen molar-refractivity contribution in [2.75, 3.05) is 5.32 Å². The van der Waals surface area contributed by atoms with Gasteiger partial charge in [-0.1, -0.05) is 13.8 Å². The van der Waals surface area contributed by atoms with Crippen LogP contribution in [0.2, 0.25) is 0 Å². The zero-order chi connectivity index (χ0) is 20.7. The highest BCUT2D eigenvalue weighted by molar-refractivity contribution is 5.89. The molecule has 29 heavy (non-hydrogen) atoms. The predicted molar refractivity (Wildman–Crippen MR) is 105 cm³/mol. The lowest BCUT2D eigenvalue weighted by Crippen LogP contribution is -2.35. The maximum atomic E-state index is 14.1. The molecule has 2 amide bonds. The summed E-state index contributed by atoms with van der Waals surface area (Å²) in [6.45, 7) is 5.53. The lowest BCUT2D eigenvalue weighted by Gasteiger charge is -2.21. The van der Waals surface area contributed by atoms with Crippen LogP contribution in [0.4, 0.5) is 19.3 Å². The zero-order valence-corrected chi connectivity index (χ0v) is 16.4. The van der Waals surface area contributed by atoms with Gasteiger partial charge in [0, 0.05) is 22.9 Å². The first-order chi connectivity index (χ1) is 13.8. The second-order valence-corrected chi connectivity index (χ2v) is 7.78. The van der Waals surface area contributed by atoms with Crippen LogP contribution in [-0.2, 0) is 0 Å². The largest absolute Gasteiger partial charge is 0.455 e. The van der Waals surface area contributed by atoms with E-state index >= 15 is 0 Å². The monoisotopic (exact) mass is 400 g/mol. The lowest BCUT2D eigenvalue weighted by atomic mass is 9.98. The summed E-state index contributed by atoms with van der Waals surface area (Å²) in [4.78, 5) is 21.1. The highest BCUT2D eigenvalue weighted by atomic mass is 19.1. The molecule has 1 fully saturated rings. The molecule has 4 rings (SSSR count). The Labute approximate surface area is 166 Å². The van der Waals surface area contributed by atoms with E-state index in [1.165, 1.54) is 6.07 Å². The number of halogens is 2. The van der Waals surface area contributed by atoms with Crippen molar-refractivity contribution in [2.45, 2.75) is 45.6 Å². The number of furan rings is 1. The summed E-state index contributed by atoms with van der Waals surface area (Å²) in [5.74, 6) is 0.130. The first kappa shape index (κ1) is 19.3. The highest BCUT2D eigenvalue weighted by Gasteiger charge is 2.28. The van der Waals surface area contributed by atoms with Crippen LogP contribution >= 0.6 is 0 Å². The van der Waals surface area contributed by atoms with Crippen LogP contribution in [0.3, 0.4) is 0 Å². The predicted octanol–water partition coefficient (Wildman–Crippen LogP) is 5.21. The fourth-order valence-electron chi connectivity index (χ4n) is 3.36. The minimum absolute atomic E-state index is 0.0178. The van der Waals surface area contributed by atoms with Gasteiger partial charge in [-0.05, 0) is 31.7 Å². The Hall–Kier alpha value is -3.03. The number of urea groups is 1. The van der Waals surface area contributed by atoms with Crippen molar-refractivity contribution in [3.8, 4) is 0 Å². The molecule has 1 saturated carbocycles. The molecule has 1 atom stereocenters. The van der Waals surface area contributed by atoms with Gasteiger partial charge < -0.3 is 15.1 Å². The second kappa shape index (κ2) is 7.42. The number of benzene rings is 1. The summed E-state index contributed by atoms with van der Waals surface area (Å²) in [7, 11) is 0. The molecule has 1 aromatic carbocycles. The van der Waals surface area contributed by atoms with Crippen molar-refractivity contribution >= 4 is 22.7 Å². The number of aryl methyl sites for hydroxylation is 1. The Morgan fingerprint density at radius 3 is 2.52 bits per heavy atom. The molecule has 3 aromatic rings. The summed E-state index contributed by atoms with van der Waals surface area (Å²) in [5, 5.41) is 5.91. The smallest absolute Gasteiger partial charge is 0.319 e. The Bertz CT molecular complexity index is 1060. The second-order valence-electron chi connectivity index (χ2n) is 7.78. The Balaban J connectivity index is 1.54. The number of nitrogens with zero attached hydrogens (tertiary/aromatic N) is 2. The minimum atomic E-state index is -0.769. The summed E-state index contributed by atoms with van der Waals surface area (Å²) in [5.41, 5.74) is 1.05. The Kier molecular flexibility index (Phi) is 4.94. The van der Waals surface area contributed by atoms with Gasteiger partial charge in [0.2, 0.25) is 0 Å². The number of hydrogen-bond donors (Lipinski definition) is 2. The quantitative estimate of drug-likeness (QED) is 0.616. The third kappa shape index (κ3) is 3.92. The van der Waals surface area contributed by atoms with Crippen LogP contribution in [0.15, 0.2) is 28.9 Å². The number of carbonyl (C=O) groups excluding carboxylic acids is 1. The molecule has 2 aromatic heterocycles. The molecule has 1 aliphatic rings. The summed E-state index contributed by atoms with van der Waals surface area (Å²) >= 11 is 0. The van der Waals surface area contributed by atoms with Crippen molar-refractivity contribution < 1.29 is 18.0 Å². The van der Waals surface area contributed by atoms with Crippen LogP contribution < -0.4 is 10.6 Å². The van der Waals surface area contributed by atoms with Crippen LogP contribution in [0, 0.1) is 24.5 Å². The number of fused-ring (bicyclic) bond motifs is 1. The fraction of sp³-hybridized carbons (Fsp3) is 0.381. The number of carbonyl (C=O) groups is 1. The fourth-order valence-corrected chi connectivity index (χ4v) is 3.36. The average molecular weight is 400 g/mol. The molecule has 152 valence electrons. The SMILES string of the molecule is Cc1c(C(NC(=O)Nc2cnc(C3CC3)nc2)C(C)C)oc2c(F)cc(F)cc12. The molecule has 0 radical (unpaired) electrons. The van der Waals surface area contributed by atoms with Gasteiger partial charge in [0.1, 0.15) is 17.4 Å². The van der Waals surface area contributed by atoms with E-state index in [0.29, 0.717) is 28.3 Å². The van der Waals surface area contributed by atoms with Gasteiger partial charge in [0.05, 0.1) is 24.1 Å². The number of anilines is 1. The topological polar surface area (TPSA) is 80.0 Å². The van der Waals surface area contributed by atoms with E-state index in [2.05, 4.69) is 20.6 Å². The van der Waals surface area contributed by atoms with Crippen LogP contribution in [-0.4, -0.2) is 16.0 Å². The van der Waals surface area contributed by atoms with E-state index in [0.717, 1.165) is 24.7 Å². The van der Waals surface area contributed by atoms with Gasteiger partial charge in [0.25, 0.3) is 0 Å². The van der Waals surface area contributed by atoms with Gasteiger partial charge in [-0.3, -0.25) is 0 Å². The van der Waals surface area contributed by atoms with Gasteiger partial charge in [0.15, 0.2) is 11.4 Å². The number of hydrogen-bond acceptors (Lipinski definition) is 4. The van der Waals surface area contributed by atoms with Crippen molar-refractivity contribution in [3.05, 3.63) is 53.3 Å². The van der Waals surface area contributed by atoms with Crippen LogP contribution in [0.1, 0.15) is 55.8 Å². The van der Waals surface area contributed by atoms with E-state index in [1.807, 2.05) is 13.8 Å². The molecule has 0 aliphatic heterocycles. The number of aromatic nitrogens is 2. The maximum Gasteiger partial charge on any atom is 0.319 e. The van der Waals surface area contributed by atoms with E-state index in [-0.39, 0.29) is 11.5 Å². The molecule has 6 nitrogen and oxygen atoms in total. The average Bonchev–Trinajstić information content (AvgIpc) is 3.46. The maximum absolute atomic E-state index is 14.1. The van der Waals surface area contributed by atoms with Gasteiger partial charge in [-0.15, -0.1) is 0 Å². The normalized spacial score (nSPS) is 15.0. The molecule has 2 N–H and O–H groups in total. The molecular weight excluding hydrogens is 378 g/mol. The molecule has 0 saturated heterocycles. The molecular formula is C21H22F2N4O2. The van der Waals surface area contributed by atoms with E-state index < -0.39 is 23.7 Å². The van der Waals surface area contributed by atoms with Gasteiger partial charge in [-0.25, -0.2) is 23.5 Å². The van der Waals surface area contributed by atoms with Gasteiger partial charge in [-0.2, -0.15) is 0 Å². The van der Waals surface area contributed by atoms with Gasteiger partial charge >= 0.3 is 6.03 Å². The highest BCUT2D eigenvalue weighted by Crippen LogP contribution is 2.38. The first-order valence-corrected chi connectivity index (χ1v) is 9.61. The molecule has 0 bridgehead atoms. The molecule has 0 spiro atoms. The van der Waals surface area contributed by atoms with Crippen molar-refractivity contribution in [2.24, 2.45) is 5.92 Å². The summed E-state index contributed by atoms with van der Waals surface area (Å²) in [6.07, 6.45) is 5.36. The minimum Gasteiger partial charge on any atom is -0.455 e. The van der Waals surface area contributed by atoms with Crippen molar-refractivity contribution in [1.29, 1.82) is 0 Å². The van der Waals surface area contributed by atoms with E-state index in [1.54, 1.807) is 19.3 Å². The molecule has 1 unspecified atom stereocenters. The molecule has 1 aliphatic carbocycles. The molecule has 8 heteroatoms. The standard InChI is InChI=1S/C21H22F2N4O2/c1-10(2)17(18-11(3)15-6-13(22)7-16(23)19(15)29-18)27-21(28)26-14-8-24-20(25-9-14)12-4-5-12/h6-10,12,17H,4-5H2,1-3H3,(H2,26,27,28). The number of rotatable bonds is 5. The first-order valence-electron chi connectivity index (χ1n) is 9.61. The molecule has 2 heterocycles. The summed E-state index contributed by atoms with van der Waals surface area (Å²) in [6, 6.07) is 1.02. The third-order valence-corrected chi connectivity index (χ3v) is 5.10. The Morgan fingerprint density at radius 1 is 1.21 bits per heavy atom. The van der Waals surface area contributed by atoms with E-state index in [4.69, 9.17) is 4.42 Å². The summed E-state index contributed by atoms with van der Waals surface area (Å²) < 4.78 is 33.4.